The summed E-state index contributed by atoms with van der Waals surface area (Å²) >= 11 is 6.36. The van der Waals surface area contributed by atoms with E-state index in [1.165, 1.54) is 6.07 Å². The molecule has 0 saturated carbocycles. The number of halogens is 2. The lowest BCUT2D eigenvalue weighted by Gasteiger charge is -2.42. The van der Waals surface area contributed by atoms with Crippen LogP contribution < -0.4 is 10.2 Å². The number of anilines is 1. The van der Waals surface area contributed by atoms with Crippen molar-refractivity contribution in [2.45, 2.75) is 50.5 Å². The van der Waals surface area contributed by atoms with Gasteiger partial charge in [-0.05, 0) is 68.2 Å². The van der Waals surface area contributed by atoms with Crippen LogP contribution in [0.25, 0.3) is 0 Å². The molecule has 148 valence electrons. The number of hydrogen-bond acceptors (Lipinski definition) is 2. The average molecular weight is 401 g/mol. The molecule has 0 aliphatic carbocycles. The van der Waals surface area contributed by atoms with Crippen molar-refractivity contribution < 1.29 is 9.18 Å². The molecule has 0 aromatic heterocycles. The second-order valence-corrected chi connectivity index (χ2v) is 8.29. The second-order valence-electron chi connectivity index (χ2n) is 7.88. The first-order valence-corrected chi connectivity index (χ1v) is 10.5. The number of nitrogens with one attached hydrogen (secondary N) is 1. The summed E-state index contributed by atoms with van der Waals surface area (Å²) in [6, 6.07) is 12.1. The van der Waals surface area contributed by atoms with Gasteiger partial charge in [0.2, 0.25) is 0 Å². The van der Waals surface area contributed by atoms with Gasteiger partial charge in [-0.25, -0.2) is 4.39 Å². The fraction of sp³-hybridized carbons (Fsp3) is 0.435. The Bertz CT molecular complexity index is 879. The molecule has 0 radical (unpaired) electrons. The Morgan fingerprint density at radius 2 is 2.00 bits per heavy atom. The minimum atomic E-state index is -0.238. The summed E-state index contributed by atoms with van der Waals surface area (Å²) in [6.45, 7) is 3.93. The highest BCUT2D eigenvalue weighted by Gasteiger charge is 2.52. The molecule has 2 aliphatic heterocycles. The van der Waals surface area contributed by atoms with E-state index in [1.807, 2.05) is 17.0 Å². The lowest BCUT2D eigenvalue weighted by atomic mass is 9.68. The maximum atomic E-state index is 14.3. The van der Waals surface area contributed by atoms with E-state index < -0.39 is 0 Å². The van der Waals surface area contributed by atoms with Gasteiger partial charge in [0.05, 0.1) is 10.6 Å². The number of hydrogen-bond donors (Lipinski definition) is 1. The van der Waals surface area contributed by atoms with Gasteiger partial charge in [0.1, 0.15) is 5.82 Å². The van der Waals surface area contributed by atoms with Gasteiger partial charge < -0.3 is 10.2 Å². The Morgan fingerprint density at radius 1 is 1.25 bits per heavy atom. The monoisotopic (exact) mass is 400 g/mol. The van der Waals surface area contributed by atoms with Crippen molar-refractivity contribution in [3.63, 3.8) is 0 Å². The van der Waals surface area contributed by atoms with Crippen LogP contribution in [-0.2, 0) is 5.41 Å². The molecule has 4 rings (SSSR count). The molecule has 2 aromatic rings. The van der Waals surface area contributed by atoms with Crippen LogP contribution in [-0.4, -0.2) is 25.0 Å². The van der Waals surface area contributed by atoms with Crippen LogP contribution >= 0.6 is 11.6 Å². The largest absolute Gasteiger partial charge is 0.317 e. The summed E-state index contributed by atoms with van der Waals surface area (Å²) in [7, 11) is 0. The third-order valence-electron chi connectivity index (χ3n) is 6.35. The van der Waals surface area contributed by atoms with E-state index in [0.717, 1.165) is 56.4 Å². The van der Waals surface area contributed by atoms with Gasteiger partial charge in [-0.2, -0.15) is 0 Å². The zero-order valence-electron chi connectivity index (χ0n) is 16.2. The molecule has 0 unspecified atom stereocenters. The molecule has 1 N–H and O–H groups in total. The van der Waals surface area contributed by atoms with Crippen molar-refractivity contribution in [1.82, 2.24) is 5.32 Å². The molecule has 3 nitrogen and oxygen atoms in total. The van der Waals surface area contributed by atoms with E-state index in [4.69, 9.17) is 11.6 Å². The first kappa shape index (κ1) is 19.4. The molecular weight excluding hydrogens is 375 g/mol. The zero-order valence-corrected chi connectivity index (χ0v) is 16.9. The summed E-state index contributed by atoms with van der Waals surface area (Å²) in [5.41, 5.74) is 2.13. The minimum Gasteiger partial charge on any atom is -0.317 e. The SMILES string of the molecule is CCCC[C@H]1N(C(=O)c2ccccc2Cl)c2ccc(F)cc2C12CCNCC2. The number of carbonyl (C=O) groups is 1. The molecule has 2 heterocycles. The van der Waals surface area contributed by atoms with Crippen molar-refractivity contribution in [1.29, 1.82) is 0 Å². The quantitative estimate of drug-likeness (QED) is 0.753. The van der Waals surface area contributed by atoms with Crippen LogP contribution in [0.2, 0.25) is 5.02 Å². The maximum absolute atomic E-state index is 14.3. The van der Waals surface area contributed by atoms with Crippen LogP contribution in [0.5, 0.6) is 0 Å². The number of rotatable bonds is 4. The molecule has 28 heavy (non-hydrogen) atoms. The molecule has 0 bridgehead atoms. The van der Waals surface area contributed by atoms with E-state index in [9.17, 15) is 9.18 Å². The molecule has 2 aliphatic rings. The molecule has 5 heteroatoms. The molecule has 1 amide bonds. The van der Waals surface area contributed by atoms with Gasteiger partial charge >= 0.3 is 0 Å². The summed E-state index contributed by atoms with van der Waals surface area (Å²) in [4.78, 5) is 15.6. The average Bonchev–Trinajstić information content (AvgIpc) is 2.95. The summed E-state index contributed by atoms with van der Waals surface area (Å²) < 4.78 is 14.3. The number of benzene rings is 2. The Hall–Kier alpha value is -1.91. The Morgan fingerprint density at radius 3 is 2.71 bits per heavy atom. The van der Waals surface area contributed by atoms with Crippen molar-refractivity contribution in [3.05, 3.63) is 64.4 Å². The van der Waals surface area contributed by atoms with E-state index in [0.29, 0.717) is 10.6 Å². The van der Waals surface area contributed by atoms with Crippen LogP contribution in [0.1, 0.15) is 54.9 Å². The molecule has 1 atom stereocenters. The van der Waals surface area contributed by atoms with Crippen molar-refractivity contribution in [2.75, 3.05) is 18.0 Å². The third kappa shape index (κ3) is 3.13. The predicted molar refractivity (Wildman–Crippen MR) is 112 cm³/mol. The third-order valence-corrected chi connectivity index (χ3v) is 6.68. The normalized spacial score (nSPS) is 20.4. The second kappa shape index (κ2) is 7.84. The fourth-order valence-electron chi connectivity index (χ4n) is 5.01. The van der Waals surface area contributed by atoms with Gasteiger partial charge in [0, 0.05) is 17.1 Å². The summed E-state index contributed by atoms with van der Waals surface area (Å²) in [5.74, 6) is -0.326. The van der Waals surface area contributed by atoms with Crippen LogP contribution in [0.15, 0.2) is 42.5 Å². The smallest absolute Gasteiger partial charge is 0.260 e. The van der Waals surface area contributed by atoms with Crippen LogP contribution in [0.3, 0.4) is 0 Å². The van der Waals surface area contributed by atoms with E-state index >= 15 is 0 Å². The number of amides is 1. The van der Waals surface area contributed by atoms with Crippen molar-refractivity contribution in [3.8, 4) is 0 Å². The molecule has 1 fully saturated rings. The topological polar surface area (TPSA) is 32.3 Å². The van der Waals surface area contributed by atoms with Crippen molar-refractivity contribution in [2.24, 2.45) is 0 Å². The highest BCUT2D eigenvalue weighted by molar-refractivity contribution is 6.34. The Kier molecular flexibility index (Phi) is 5.44. The standard InChI is InChI=1S/C23H26ClFN2O/c1-2-3-8-21-23(11-13-26-14-12-23)18-15-16(25)9-10-20(18)27(21)22(28)17-6-4-5-7-19(17)24/h4-7,9-10,15,21,26H,2-3,8,11-14H2,1H3/t21-/m1/s1. The first-order valence-electron chi connectivity index (χ1n) is 10.2. The number of piperidine rings is 1. The number of nitrogens with zero attached hydrogens (tertiary/aromatic N) is 1. The van der Waals surface area contributed by atoms with Crippen molar-refractivity contribution >= 4 is 23.2 Å². The highest BCUT2D eigenvalue weighted by Crippen LogP contribution is 2.52. The Balaban J connectivity index is 1.86. The van der Waals surface area contributed by atoms with Gasteiger partial charge in [-0.3, -0.25) is 4.79 Å². The summed E-state index contributed by atoms with van der Waals surface area (Å²) in [6.07, 6.45) is 4.81. The fourth-order valence-corrected chi connectivity index (χ4v) is 5.22. The summed E-state index contributed by atoms with van der Waals surface area (Å²) in [5, 5.41) is 3.88. The van der Waals surface area contributed by atoms with E-state index in [1.54, 1.807) is 24.3 Å². The van der Waals surface area contributed by atoms with Gasteiger partial charge in [-0.1, -0.05) is 43.5 Å². The van der Waals surface area contributed by atoms with E-state index in [2.05, 4.69) is 12.2 Å². The van der Waals surface area contributed by atoms with Gasteiger partial charge in [0.15, 0.2) is 0 Å². The molecule has 1 spiro atoms. The highest BCUT2D eigenvalue weighted by atomic mass is 35.5. The molecular formula is C23H26ClFN2O. The number of unbranched alkanes of at least 4 members (excludes halogenated alkanes) is 1. The lowest BCUT2D eigenvalue weighted by molar-refractivity contribution is 0.0961. The lowest BCUT2D eigenvalue weighted by Crippen LogP contribution is -2.52. The van der Waals surface area contributed by atoms with E-state index in [-0.39, 0.29) is 23.2 Å². The van der Waals surface area contributed by atoms with Crippen LogP contribution in [0, 0.1) is 5.82 Å². The Labute approximate surface area is 170 Å². The van der Waals surface area contributed by atoms with Gasteiger partial charge in [-0.15, -0.1) is 0 Å². The maximum Gasteiger partial charge on any atom is 0.260 e. The minimum absolute atomic E-state index is 0.0233. The number of fused-ring (bicyclic) bond motifs is 2. The zero-order chi connectivity index (χ0) is 19.7. The predicted octanol–water partition coefficient (Wildman–Crippen LogP) is 5.32. The molecule has 2 aromatic carbocycles. The van der Waals surface area contributed by atoms with Crippen LogP contribution in [0.4, 0.5) is 10.1 Å². The van der Waals surface area contributed by atoms with Gasteiger partial charge in [0.25, 0.3) is 5.91 Å². The first-order chi connectivity index (χ1) is 13.6. The molecule has 1 saturated heterocycles. The number of carbonyl (C=O) groups excluding carboxylic acids is 1.